The molecule has 0 bridgehead atoms. The van der Waals surface area contributed by atoms with Crippen LogP contribution in [0.3, 0.4) is 0 Å². The molecule has 1 aromatic rings. The van der Waals surface area contributed by atoms with Crippen molar-refractivity contribution in [3.05, 3.63) is 11.7 Å². The maximum atomic E-state index is 10.2. The molecular formula is C15H25N3O4S. The average Bonchev–Trinajstić information content (AvgIpc) is 2.99. The van der Waals surface area contributed by atoms with Crippen LogP contribution in [0.1, 0.15) is 31.0 Å². The molecular weight excluding hydrogens is 318 g/mol. The Labute approximate surface area is 140 Å². The maximum absolute atomic E-state index is 10.2. The van der Waals surface area contributed by atoms with E-state index >= 15 is 0 Å². The molecule has 0 aromatic carbocycles. The number of aliphatic hydroxyl groups excluding tert-OH is 2. The quantitative estimate of drug-likeness (QED) is 0.746. The highest BCUT2D eigenvalue weighted by Crippen LogP contribution is 2.51. The first-order valence-corrected chi connectivity index (χ1v) is 9.50. The molecule has 2 fully saturated rings. The Morgan fingerprint density at radius 3 is 2.87 bits per heavy atom. The van der Waals surface area contributed by atoms with Crippen molar-refractivity contribution < 1.29 is 19.5 Å². The van der Waals surface area contributed by atoms with Gasteiger partial charge in [-0.2, -0.15) is 16.7 Å². The molecule has 0 unspecified atom stereocenters. The number of aliphatic hydroxyl groups is 2. The van der Waals surface area contributed by atoms with E-state index in [0.29, 0.717) is 25.5 Å². The van der Waals surface area contributed by atoms with Crippen molar-refractivity contribution in [2.24, 2.45) is 5.41 Å². The van der Waals surface area contributed by atoms with Gasteiger partial charge in [0.1, 0.15) is 0 Å². The summed E-state index contributed by atoms with van der Waals surface area (Å²) in [6.45, 7) is 2.82. The minimum absolute atomic E-state index is 0.0321. The van der Waals surface area contributed by atoms with E-state index in [2.05, 4.69) is 15.0 Å². The third-order valence-electron chi connectivity index (χ3n) is 5.08. The monoisotopic (exact) mass is 343 g/mol. The van der Waals surface area contributed by atoms with Gasteiger partial charge in [0.05, 0.1) is 37.7 Å². The number of hydrogen-bond acceptors (Lipinski definition) is 8. The Hall–Kier alpha value is -0.670. The van der Waals surface area contributed by atoms with E-state index in [4.69, 9.17) is 14.4 Å². The molecule has 1 saturated carbocycles. The smallest absolute Gasteiger partial charge is 0.240 e. The fourth-order valence-corrected chi connectivity index (χ4v) is 4.05. The summed E-state index contributed by atoms with van der Waals surface area (Å²) in [6, 6.07) is 0. The summed E-state index contributed by atoms with van der Waals surface area (Å²) >= 11 is 1.67. The van der Waals surface area contributed by atoms with E-state index in [9.17, 15) is 5.11 Å². The SMILES string of the molecule is CSCc1noc(CN2CCC3(CC2)[C@@H](O)C[C@H]3OCCO)n1. The molecule has 7 nitrogen and oxygen atoms in total. The Morgan fingerprint density at radius 2 is 2.22 bits per heavy atom. The predicted molar refractivity (Wildman–Crippen MR) is 85.9 cm³/mol. The Morgan fingerprint density at radius 1 is 1.43 bits per heavy atom. The lowest BCUT2D eigenvalue weighted by Gasteiger charge is -2.56. The summed E-state index contributed by atoms with van der Waals surface area (Å²) in [5, 5.41) is 23.1. The first-order chi connectivity index (χ1) is 11.2. The second-order valence-electron chi connectivity index (χ2n) is 6.38. The zero-order valence-corrected chi connectivity index (χ0v) is 14.3. The van der Waals surface area contributed by atoms with E-state index in [1.54, 1.807) is 11.8 Å². The van der Waals surface area contributed by atoms with Crippen molar-refractivity contribution in [3.8, 4) is 0 Å². The number of likely N-dealkylation sites (tertiary alicyclic amines) is 1. The average molecular weight is 343 g/mol. The van der Waals surface area contributed by atoms with Gasteiger partial charge in [0.15, 0.2) is 5.82 Å². The maximum Gasteiger partial charge on any atom is 0.240 e. The first-order valence-electron chi connectivity index (χ1n) is 8.11. The number of aromatic nitrogens is 2. The third kappa shape index (κ3) is 3.56. The van der Waals surface area contributed by atoms with E-state index < -0.39 is 0 Å². The summed E-state index contributed by atoms with van der Waals surface area (Å²) < 4.78 is 11.0. The lowest BCUT2D eigenvalue weighted by molar-refractivity contribution is -0.213. The molecule has 2 heterocycles. The molecule has 1 aliphatic carbocycles. The van der Waals surface area contributed by atoms with Crippen LogP contribution in [0.15, 0.2) is 4.52 Å². The summed E-state index contributed by atoms with van der Waals surface area (Å²) in [4.78, 5) is 6.68. The molecule has 1 aromatic heterocycles. The molecule has 2 N–H and O–H groups in total. The van der Waals surface area contributed by atoms with E-state index in [1.165, 1.54) is 0 Å². The Kier molecular flexibility index (Phi) is 5.58. The van der Waals surface area contributed by atoms with Crippen LogP contribution in [-0.4, -0.2) is 70.0 Å². The van der Waals surface area contributed by atoms with Gasteiger partial charge in [-0.1, -0.05) is 5.16 Å². The molecule has 23 heavy (non-hydrogen) atoms. The van der Waals surface area contributed by atoms with Crippen LogP contribution in [0.4, 0.5) is 0 Å². The zero-order chi connectivity index (χ0) is 16.3. The number of nitrogens with zero attached hydrogens (tertiary/aromatic N) is 3. The van der Waals surface area contributed by atoms with Gasteiger partial charge >= 0.3 is 0 Å². The van der Waals surface area contributed by atoms with Gasteiger partial charge in [-0.15, -0.1) is 0 Å². The molecule has 2 aliphatic rings. The molecule has 1 spiro atoms. The van der Waals surface area contributed by atoms with E-state index in [0.717, 1.165) is 37.5 Å². The number of piperidine rings is 1. The van der Waals surface area contributed by atoms with Crippen LogP contribution in [0.5, 0.6) is 0 Å². The van der Waals surface area contributed by atoms with Crippen LogP contribution in [0, 0.1) is 5.41 Å². The van der Waals surface area contributed by atoms with Gasteiger partial charge < -0.3 is 19.5 Å². The van der Waals surface area contributed by atoms with Crippen molar-refractivity contribution in [1.82, 2.24) is 15.0 Å². The lowest BCUT2D eigenvalue weighted by atomic mass is 9.58. The molecule has 8 heteroatoms. The van der Waals surface area contributed by atoms with Crippen molar-refractivity contribution in [2.45, 2.75) is 43.8 Å². The normalized spacial score (nSPS) is 27.3. The topological polar surface area (TPSA) is 91.9 Å². The fraction of sp³-hybridized carbons (Fsp3) is 0.867. The van der Waals surface area contributed by atoms with Crippen LogP contribution >= 0.6 is 11.8 Å². The van der Waals surface area contributed by atoms with Crippen LogP contribution in [0.25, 0.3) is 0 Å². The zero-order valence-electron chi connectivity index (χ0n) is 13.5. The minimum Gasteiger partial charge on any atom is -0.394 e. The summed E-state index contributed by atoms with van der Waals surface area (Å²) in [6.07, 6.45) is 4.28. The predicted octanol–water partition coefficient (Wildman–Crippen LogP) is 0.657. The van der Waals surface area contributed by atoms with Crippen LogP contribution in [-0.2, 0) is 17.0 Å². The molecule has 0 radical (unpaired) electrons. The van der Waals surface area contributed by atoms with Gasteiger partial charge in [0.25, 0.3) is 0 Å². The number of rotatable bonds is 7. The number of ether oxygens (including phenoxy) is 1. The van der Waals surface area contributed by atoms with E-state index in [1.807, 2.05) is 6.26 Å². The highest BCUT2D eigenvalue weighted by atomic mass is 32.2. The fourth-order valence-electron chi connectivity index (χ4n) is 3.67. The van der Waals surface area contributed by atoms with Crippen molar-refractivity contribution in [3.63, 3.8) is 0 Å². The highest BCUT2D eigenvalue weighted by molar-refractivity contribution is 7.97. The van der Waals surface area contributed by atoms with Gasteiger partial charge in [-0.3, -0.25) is 4.90 Å². The summed E-state index contributed by atoms with van der Waals surface area (Å²) in [5.41, 5.74) is -0.134. The van der Waals surface area contributed by atoms with E-state index in [-0.39, 0.29) is 24.2 Å². The van der Waals surface area contributed by atoms with Gasteiger partial charge in [-0.25, -0.2) is 0 Å². The Balaban J connectivity index is 1.51. The van der Waals surface area contributed by atoms with Gasteiger partial charge in [-0.05, 0) is 32.2 Å². The van der Waals surface area contributed by atoms with Crippen molar-refractivity contribution >= 4 is 11.8 Å². The van der Waals surface area contributed by atoms with Gasteiger partial charge in [0, 0.05) is 11.8 Å². The lowest BCUT2D eigenvalue weighted by Crippen LogP contribution is -2.62. The summed E-state index contributed by atoms with van der Waals surface area (Å²) in [5.74, 6) is 2.17. The van der Waals surface area contributed by atoms with Crippen LogP contribution < -0.4 is 0 Å². The minimum atomic E-state index is -0.287. The first kappa shape index (κ1) is 17.2. The molecule has 3 rings (SSSR count). The number of thioether (sulfide) groups is 1. The second kappa shape index (κ2) is 7.48. The van der Waals surface area contributed by atoms with Crippen LogP contribution in [0.2, 0.25) is 0 Å². The molecule has 2 atom stereocenters. The standard InChI is InChI=1S/C15H25N3O4S/c1-23-10-13-16-14(22-17-13)9-18-4-2-15(3-5-18)11(20)8-12(15)21-7-6-19/h11-12,19-20H,2-10H2,1H3/t11-,12+/m0/s1. The third-order valence-corrected chi connectivity index (χ3v) is 5.63. The molecule has 1 saturated heterocycles. The largest absolute Gasteiger partial charge is 0.394 e. The Bertz CT molecular complexity index is 505. The molecule has 0 amide bonds. The second-order valence-corrected chi connectivity index (χ2v) is 7.25. The molecule has 130 valence electrons. The molecule has 1 aliphatic heterocycles. The van der Waals surface area contributed by atoms with Crippen molar-refractivity contribution in [2.75, 3.05) is 32.6 Å². The summed E-state index contributed by atoms with van der Waals surface area (Å²) in [7, 11) is 0. The van der Waals surface area contributed by atoms with Gasteiger partial charge in [0.2, 0.25) is 5.89 Å². The highest BCUT2D eigenvalue weighted by Gasteiger charge is 2.56. The number of hydrogen-bond donors (Lipinski definition) is 2. The van der Waals surface area contributed by atoms with Crippen molar-refractivity contribution in [1.29, 1.82) is 0 Å².